The van der Waals surface area contributed by atoms with Gasteiger partial charge in [-0.1, -0.05) is 17.7 Å². The fourth-order valence-electron chi connectivity index (χ4n) is 5.82. The van der Waals surface area contributed by atoms with E-state index < -0.39 is 0 Å². The van der Waals surface area contributed by atoms with E-state index in [0.29, 0.717) is 22.8 Å². The van der Waals surface area contributed by atoms with Gasteiger partial charge in [-0.15, -0.1) is 0 Å². The van der Waals surface area contributed by atoms with Crippen molar-refractivity contribution < 1.29 is 0 Å². The van der Waals surface area contributed by atoms with Gasteiger partial charge in [0.25, 0.3) is 0 Å². The number of hydrogen-bond donors (Lipinski definition) is 2. The molecule has 0 atom stereocenters. The van der Waals surface area contributed by atoms with Crippen molar-refractivity contribution in [3.8, 4) is 11.4 Å². The highest BCUT2D eigenvalue weighted by Gasteiger charge is 2.23. The average molecular weight is 559 g/mol. The third-order valence-electron chi connectivity index (χ3n) is 8.34. The summed E-state index contributed by atoms with van der Waals surface area (Å²) in [5.41, 5.74) is 7.09. The summed E-state index contributed by atoms with van der Waals surface area (Å²) in [5.74, 6) is 0.811. The van der Waals surface area contributed by atoms with Gasteiger partial charge in [0.15, 0.2) is 5.65 Å². The maximum Gasteiger partial charge on any atom is 0.180 e. The van der Waals surface area contributed by atoms with Crippen molar-refractivity contribution in [1.82, 2.24) is 29.7 Å². The molecular formula is C31H39ClN8. The number of piperidine rings is 1. The number of halogens is 1. The molecule has 9 heteroatoms. The zero-order valence-corrected chi connectivity index (χ0v) is 24.5. The third kappa shape index (κ3) is 5.94. The van der Waals surface area contributed by atoms with Crippen LogP contribution in [-0.4, -0.2) is 81.1 Å². The van der Waals surface area contributed by atoms with Gasteiger partial charge in [0.05, 0.1) is 16.9 Å². The van der Waals surface area contributed by atoms with E-state index in [4.69, 9.17) is 16.6 Å². The first kappa shape index (κ1) is 27.0. The fourth-order valence-corrected chi connectivity index (χ4v) is 6.02. The van der Waals surface area contributed by atoms with Crippen molar-refractivity contribution in [2.45, 2.75) is 52.2 Å². The zero-order chi connectivity index (χ0) is 27.6. The molecular weight excluding hydrogens is 520 g/mol. The molecule has 4 aromatic rings. The topological polar surface area (TPSA) is 76.2 Å². The number of H-pyrrole nitrogens is 1. The molecule has 8 nitrogen and oxygen atoms in total. The normalized spacial score (nSPS) is 17.7. The molecule has 210 valence electrons. The van der Waals surface area contributed by atoms with Crippen LogP contribution < -0.4 is 10.2 Å². The van der Waals surface area contributed by atoms with Crippen LogP contribution in [0, 0.1) is 6.92 Å². The minimum Gasteiger partial charge on any atom is -0.379 e. The van der Waals surface area contributed by atoms with E-state index in [9.17, 15) is 0 Å². The largest absolute Gasteiger partial charge is 0.379 e. The number of aromatic nitrogens is 4. The van der Waals surface area contributed by atoms with Crippen molar-refractivity contribution in [3.63, 3.8) is 0 Å². The number of fused-ring (bicyclic) bond motifs is 1. The van der Waals surface area contributed by atoms with Gasteiger partial charge in [0.1, 0.15) is 11.3 Å². The lowest BCUT2D eigenvalue weighted by atomic mass is 10.0. The van der Waals surface area contributed by atoms with Gasteiger partial charge in [-0.3, -0.25) is 9.88 Å². The van der Waals surface area contributed by atoms with Gasteiger partial charge < -0.3 is 20.1 Å². The van der Waals surface area contributed by atoms with Crippen molar-refractivity contribution in [1.29, 1.82) is 0 Å². The van der Waals surface area contributed by atoms with Crippen LogP contribution in [-0.2, 0) is 6.54 Å². The Hall–Kier alpha value is -3.20. The Morgan fingerprint density at radius 1 is 0.950 bits per heavy atom. The molecule has 0 bridgehead atoms. The Bertz CT molecular complexity index is 1420. The van der Waals surface area contributed by atoms with Gasteiger partial charge in [0, 0.05) is 81.0 Å². The molecule has 0 aliphatic carbocycles. The molecule has 0 radical (unpaired) electrons. The summed E-state index contributed by atoms with van der Waals surface area (Å²) in [4.78, 5) is 24.8. The van der Waals surface area contributed by atoms with E-state index in [-0.39, 0.29) is 0 Å². The molecule has 2 saturated heterocycles. The second-order valence-corrected chi connectivity index (χ2v) is 11.8. The van der Waals surface area contributed by atoms with Crippen LogP contribution in [0.4, 0.5) is 11.4 Å². The summed E-state index contributed by atoms with van der Waals surface area (Å²) in [6.07, 6.45) is 5.89. The van der Waals surface area contributed by atoms with Crippen molar-refractivity contribution in [3.05, 3.63) is 65.1 Å². The van der Waals surface area contributed by atoms with Crippen molar-refractivity contribution in [2.75, 3.05) is 49.5 Å². The van der Waals surface area contributed by atoms with Crippen LogP contribution in [0.1, 0.15) is 37.9 Å². The summed E-state index contributed by atoms with van der Waals surface area (Å²) in [7, 11) is 0. The number of piperazine rings is 1. The number of benzene rings is 1. The SMILES string of the molecule is Cc1ccc(CN2CCN(c3ccc(-c4nc5ncc(Cl)c(NC6CCN(C(C)C)CC6)c5[nH]4)cc3)CC2)cn1. The van der Waals surface area contributed by atoms with E-state index >= 15 is 0 Å². The molecule has 0 spiro atoms. The monoisotopic (exact) mass is 558 g/mol. The maximum absolute atomic E-state index is 6.63. The molecule has 6 rings (SSSR count). The molecule has 0 saturated carbocycles. The molecule has 3 aromatic heterocycles. The summed E-state index contributed by atoms with van der Waals surface area (Å²) in [5, 5.41) is 4.33. The Kier molecular flexibility index (Phi) is 7.91. The predicted octanol–water partition coefficient (Wildman–Crippen LogP) is 5.59. The Morgan fingerprint density at radius 2 is 1.70 bits per heavy atom. The van der Waals surface area contributed by atoms with Gasteiger partial charge >= 0.3 is 0 Å². The lowest BCUT2D eigenvalue weighted by molar-refractivity contribution is 0.177. The fraction of sp³-hybridized carbons (Fsp3) is 0.452. The summed E-state index contributed by atoms with van der Waals surface area (Å²) < 4.78 is 0. The quantitative estimate of drug-likeness (QED) is 0.306. The van der Waals surface area contributed by atoms with E-state index in [2.05, 4.69) is 85.2 Å². The minimum atomic E-state index is 0.387. The second-order valence-electron chi connectivity index (χ2n) is 11.4. The van der Waals surface area contributed by atoms with E-state index in [0.717, 1.165) is 86.9 Å². The first-order valence-corrected chi connectivity index (χ1v) is 14.8. The number of aromatic amines is 1. The van der Waals surface area contributed by atoms with Crippen molar-refractivity contribution in [2.24, 2.45) is 0 Å². The number of nitrogens with one attached hydrogen (secondary N) is 2. The van der Waals surface area contributed by atoms with Crippen LogP contribution in [0.2, 0.25) is 5.02 Å². The lowest BCUT2D eigenvalue weighted by Crippen LogP contribution is -2.45. The van der Waals surface area contributed by atoms with Gasteiger partial charge in [-0.25, -0.2) is 9.97 Å². The second kappa shape index (κ2) is 11.7. The molecule has 40 heavy (non-hydrogen) atoms. The van der Waals surface area contributed by atoms with Crippen LogP contribution in [0.3, 0.4) is 0 Å². The number of nitrogens with zero attached hydrogens (tertiary/aromatic N) is 6. The number of aryl methyl sites for hydroxylation is 1. The summed E-state index contributed by atoms with van der Waals surface area (Å²) in [6, 6.07) is 13.9. The smallest absolute Gasteiger partial charge is 0.180 e. The average Bonchev–Trinajstić information content (AvgIpc) is 3.41. The highest BCUT2D eigenvalue weighted by molar-refractivity contribution is 6.34. The third-order valence-corrected chi connectivity index (χ3v) is 8.63. The Labute approximate surface area is 241 Å². The maximum atomic E-state index is 6.63. The molecule has 0 unspecified atom stereocenters. The molecule has 1 aromatic carbocycles. The number of pyridine rings is 2. The number of rotatable bonds is 7. The van der Waals surface area contributed by atoms with Crippen molar-refractivity contribution >= 4 is 34.1 Å². The minimum absolute atomic E-state index is 0.387. The van der Waals surface area contributed by atoms with E-state index in [1.807, 2.05) is 13.1 Å². The van der Waals surface area contributed by atoms with Gasteiger partial charge in [0.2, 0.25) is 0 Å². The molecule has 5 heterocycles. The number of likely N-dealkylation sites (tertiary alicyclic amines) is 1. The standard InChI is InChI=1S/C31H39ClN8/c1-21(2)39-12-10-25(11-13-39)35-28-27(32)19-34-31-29(28)36-30(37-31)24-6-8-26(9-7-24)40-16-14-38(15-17-40)20-23-5-4-22(3)33-18-23/h4-9,18-19,21,25H,10-17,20H2,1-3H3,(H2,34,35,36,37). The lowest BCUT2D eigenvalue weighted by Gasteiger charge is -2.36. The molecule has 2 aliphatic heterocycles. The zero-order valence-electron chi connectivity index (χ0n) is 23.7. The first-order chi connectivity index (χ1) is 19.4. The van der Waals surface area contributed by atoms with Crippen LogP contribution in [0.25, 0.3) is 22.6 Å². The van der Waals surface area contributed by atoms with Gasteiger partial charge in [-0.05, 0) is 69.5 Å². The molecule has 2 fully saturated rings. The molecule has 2 N–H and O–H groups in total. The summed E-state index contributed by atoms with van der Waals surface area (Å²) in [6.45, 7) is 13.8. The van der Waals surface area contributed by atoms with E-state index in [1.54, 1.807) is 6.20 Å². The predicted molar refractivity (Wildman–Crippen MR) is 164 cm³/mol. The van der Waals surface area contributed by atoms with Gasteiger partial charge in [-0.2, -0.15) is 0 Å². The number of anilines is 2. The molecule has 2 aliphatic rings. The highest BCUT2D eigenvalue weighted by atomic mass is 35.5. The van der Waals surface area contributed by atoms with Crippen LogP contribution in [0.15, 0.2) is 48.8 Å². The van der Waals surface area contributed by atoms with Crippen LogP contribution in [0.5, 0.6) is 0 Å². The Morgan fingerprint density at radius 3 is 2.38 bits per heavy atom. The summed E-state index contributed by atoms with van der Waals surface area (Å²) >= 11 is 6.63. The van der Waals surface area contributed by atoms with Crippen LogP contribution >= 0.6 is 11.6 Å². The Balaban J connectivity index is 1.11. The number of hydrogen-bond acceptors (Lipinski definition) is 7. The molecule has 0 amide bonds. The number of imidazole rings is 1. The van der Waals surface area contributed by atoms with E-state index in [1.165, 1.54) is 11.3 Å². The highest BCUT2D eigenvalue weighted by Crippen LogP contribution is 2.33. The first-order valence-electron chi connectivity index (χ1n) is 14.5.